The highest BCUT2D eigenvalue weighted by Gasteiger charge is 2.11. The highest BCUT2D eigenvalue weighted by atomic mass is 16.5. The average molecular weight is 278 g/mol. The molecule has 5 heteroatoms. The van der Waals surface area contributed by atoms with Crippen molar-refractivity contribution in [1.29, 1.82) is 0 Å². The number of rotatable bonds is 7. The van der Waals surface area contributed by atoms with Crippen LogP contribution in [0.1, 0.15) is 32.3 Å². The van der Waals surface area contributed by atoms with Gasteiger partial charge in [0.2, 0.25) is 0 Å². The van der Waals surface area contributed by atoms with E-state index in [9.17, 15) is 9.59 Å². The number of nitrogens with two attached hydrogens (primary N) is 1. The van der Waals surface area contributed by atoms with Crippen molar-refractivity contribution in [1.82, 2.24) is 5.32 Å². The van der Waals surface area contributed by atoms with Crippen LogP contribution in [0.2, 0.25) is 0 Å². The van der Waals surface area contributed by atoms with E-state index in [4.69, 9.17) is 10.5 Å². The molecule has 0 aromatic heterocycles. The fraction of sp³-hybridized carbons (Fsp3) is 0.467. The van der Waals surface area contributed by atoms with Crippen molar-refractivity contribution in [3.8, 4) is 0 Å². The molecule has 0 radical (unpaired) electrons. The standard InChI is InChI=1S/C15H22N2O3/c1-3-6-11(2)17-14(18)10-20-15(19)9-12-7-4-5-8-13(12)16/h4-5,7-8,11H,3,6,9-10,16H2,1-2H3,(H,17,18). The molecule has 110 valence electrons. The van der Waals surface area contributed by atoms with Gasteiger partial charge in [-0.1, -0.05) is 31.5 Å². The number of anilines is 1. The lowest BCUT2D eigenvalue weighted by Crippen LogP contribution is -2.35. The highest BCUT2D eigenvalue weighted by molar-refractivity contribution is 5.81. The number of ether oxygens (including phenoxy) is 1. The molecule has 1 rings (SSSR count). The summed E-state index contributed by atoms with van der Waals surface area (Å²) in [5.74, 6) is -0.735. The number of carbonyl (C=O) groups is 2. The Morgan fingerprint density at radius 3 is 2.70 bits per heavy atom. The molecule has 20 heavy (non-hydrogen) atoms. The van der Waals surface area contributed by atoms with Crippen LogP contribution in [-0.2, 0) is 20.7 Å². The van der Waals surface area contributed by atoms with Gasteiger partial charge >= 0.3 is 5.97 Å². The van der Waals surface area contributed by atoms with Gasteiger partial charge in [-0.25, -0.2) is 0 Å². The monoisotopic (exact) mass is 278 g/mol. The summed E-state index contributed by atoms with van der Waals surface area (Å²) < 4.78 is 4.94. The number of esters is 1. The lowest BCUT2D eigenvalue weighted by Gasteiger charge is -2.12. The summed E-state index contributed by atoms with van der Waals surface area (Å²) in [7, 11) is 0. The minimum Gasteiger partial charge on any atom is -0.455 e. The Bertz CT molecular complexity index is 460. The predicted molar refractivity (Wildman–Crippen MR) is 78.0 cm³/mol. The summed E-state index contributed by atoms with van der Waals surface area (Å²) in [5.41, 5.74) is 6.99. The van der Waals surface area contributed by atoms with Gasteiger partial charge in [0.25, 0.3) is 5.91 Å². The molecule has 0 heterocycles. The molecule has 0 spiro atoms. The Morgan fingerprint density at radius 2 is 2.05 bits per heavy atom. The zero-order valence-electron chi connectivity index (χ0n) is 12.0. The molecule has 0 saturated carbocycles. The molecule has 1 unspecified atom stereocenters. The quantitative estimate of drug-likeness (QED) is 0.587. The Labute approximate surface area is 119 Å². The van der Waals surface area contributed by atoms with E-state index in [1.807, 2.05) is 13.8 Å². The zero-order chi connectivity index (χ0) is 15.0. The van der Waals surface area contributed by atoms with Crippen LogP contribution < -0.4 is 11.1 Å². The van der Waals surface area contributed by atoms with Crippen molar-refractivity contribution in [2.75, 3.05) is 12.3 Å². The van der Waals surface area contributed by atoms with Crippen LogP contribution in [0.3, 0.4) is 0 Å². The molecule has 3 N–H and O–H groups in total. The maximum Gasteiger partial charge on any atom is 0.310 e. The lowest BCUT2D eigenvalue weighted by molar-refractivity contribution is -0.148. The van der Waals surface area contributed by atoms with Crippen molar-refractivity contribution in [3.05, 3.63) is 29.8 Å². The number of hydrogen-bond acceptors (Lipinski definition) is 4. The third-order valence-corrected chi connectivity index (χ3v) is 2.88. The zero-order valence-corrected chi connectivity index (χ0v) is 12.0. The number of amides is 1. The largest absolute Gasteiger partial charge is 0.455 e. The first-order valence-corrected chi connectivity index (χ1v) is 6.81. The molecule has 0 aliphatic carbocycles. The van der Waals surface area contributed by atoms with E-state index in [1.54, 1.807) is 24.3 Å². The molecule has 1 aromatic rings. The third-order valence-electron chi connectivity index (χ3n) is 2.88. The van der Waals surface area contributed by atoms with Crippen molar-refractivity contribution < 1.29 is 14.3 Å². The summed E-state index contributed by atoms with van der Waals surface area (Å²) in [6.07, 6.45) is 1.97. The molecule has 0 fully saturated rings. The highest BCUT2D eigenvalue weighted by Crippen LogP contribution is 2.11. The Morgan fingerprint density at radius 1 is 1.35 bits per heavy atom. The van der Waals surface area contributed by atoms with Crippen molar-refractivity contribution in [2.24, 2.45) is 0 Å². The predicted octanol–water partition coefficient (Wildman–Crippen LogP) is 1.66. The Kier molecular flexibility index (Phi) is 6.56. The number of nitrogen functional groups attached to an aromatic ring is 1. The first kappa shape index (κ1) is 16.0. The summed E-state index contributed by atoms with van der Waals surface area (Å²) in [5, 5.41) is 2.77. The molecule has 0 saturated heterocycles. The van der Waals surface area contributed by atoms with E-state index in [2.05, 4.69) is 5.32 Å². The summed E-state index contributed by atoms with van der Waals surface area (Å²) in [6.45, 7) is 3.72. The van der Waals surface area contributed by atoms with Gasteiger partial charge in [-0.05, 0) is 25.0 Å². The van der Waals surface area contributed by atoms with Gasteiger partial charge in [0.15, 0.2) is 6.61 Å². The Hall–Kier alpha value is -2.04. The number of carbonyl (C=O) groups excluding carboxylic acids is 2. The van der Waals surface area contributed by atoms with Crippen LogP contribution in [0, 0.1) is 0 Å². The van der Waals surface area contributed by atoms with Crippen molar-refractivity contribution in [2.45, 2.75) is 39.2 Å². The van der Waals surface area contributed by atoms with Crippen LogP contribution >= 0.6 is 0 Å². The minimum atomic E-state index is -0.457. The fourth-order valence-electron chi connectivity index (χ4n) is 1.87. The summed E-state index contributed by atoms with van der Waals surface area (Å²) in [6, 6.07) is 7.18. The van der Waals surface area contributed by atoms with Crippen LogP contribution in [0.15, 0.2) is 24.3 Å². The van der Waals surface area contributed by atoms with Crippen LogP contribution in [0.4, 0.5) is 5.69 Å². The number of para-hydroxylation sites is 1. The van der Waals surface area contributed by atoms with E-state index < -0.39 is 5.97 Å². The normalized spacial score (nSPS) is 11.7. The number of benzene rings is 1. The van der Waals surface area contributed by atoms with E-state index in [-0.39, 0.29) is 25.0 Å². The van der Waals surface area contributed by atoms with E-state index in [1.165, 1.54) is 0 Å². The van der Waals surface area contributed by atoms with Crippen LogP contribution in [-0.4, -0.2) is 24.5 Å². The molecule has 0 bridgehead atoms. The first-order chi connectivity index (χ1) is 9.52. The van der Waals surface area contributed by atoms with Gasteiger partial charge in [-0.3, -0.25) is 9.59 Å². The molecule has 1 aromatic carbocycles. The molecule has 0 aliphatic heterocycles. The van der Waals surface area contributed by atoms with Gasteiger partial charge in [0.05, 0.1) is 6.42 Å². The second-order valence-electron chi connectivity index (χ2n) is 4.79. The fourth-order valence-corrected chi connectivity index (χ4v) is 1.87. The maximum atomic E-state index is 11.6. The topological polar surface area (TPSA) is 81.4 Å². The van der Waals surface area contributed by atoms with Gasteiger partial charge in [0, 0.05) is 11.7 Å². The van der Waals surface area contributed by atoms with Gasteiger partial charge in [-0.15, -0.1) is 0 Å². The smallest absolute Gasteiger partial charge is 0.310 e. The Balaban J connectivity index is 2.33. The minimum absolute atomic E-state index is 0.0739. The second kappa shape index (κ2) is 8.19. The van der Waals surface area contributed by atoms with E-state index >= 15 is 0 Å². The average Bonchev–Trinajstić information content (AvgIpc) is 2.39. The van der Waals surface area contributed by atoms with Crippen molar-refractivity contribution >= 4 is 17.6 Å². The van der Waals surface area contributed by atoms with Gasteiger partial charge in [0.1, 0.15) is 0 Å². The maximum absolute atomic E-state index is 11.6. The molecular weight excluding hydrogens is 256 g/mol. The van der Waals surface area contributed by atoms with Gasteiger partial charge in [-0.2, -0.15) is 0 Å². The number of hydrogen-bond donors (Lipinski definition) is 2. The molecule has 1 atom stereocenters. The SMILES string of the molecule is CCCC(C)NC(=O)COC(=O)Cc1ccccc1N. The third kappa shape index (κ3) is 5.73. The first-order valence-electron chi connectivity index (χ1n) is 6.81. The number of nitrogens with one attached hydrogen (secondary N) is 1. The molecule has 5 nitrogen and oxygen atoms in total. The molecular formula is C15H22N2O3. The van der Waals surface area contributed by atoms with Crippen LogP contribution in [0.5, 0.6) is 0 Å². The van der Waals surface area contributed by atoms with E-state index in [0.717, 1.165) is 12.8 Å². The van der Waals surface area contributed by atoms with Crippen LogP contribution in [0.25, 0.3) is 0 Å². The van der Waals surface area contributed by atoms with Gasteiger partial charge < -0.3 is 15.8 Å². The summed E-state index contributed by atoms with van der Waals surface area (Å²) in [4.78, 5) is 23.2. The molecule has 0 aliphatic rings. The van der Waals surface area contributed by atoms with E-state index in [0.29, 0.717) is 11.3 Å². The second-order valence-corrected chi connectivity index (χ2v) is 4.79. The van der Waals surface area contributed by atoms with Crippen molar-refractivity contribution in [3.63, 3.8) is 0 Å². The lowest BCUT2D eigenvalue weighted by atomic mass is 10.1. The summed E-state index contributed by atoms with van der Waals surface area (Å²) >= 11 is 0. The molecule has 1 amide bonds.